The molecule has 1 rings (SSSR count). The number of hydrogen-bond donors (Lipinski definition) is 4. The topological polar surface area (TPSA) is 122 Å². The summed E-state index contributed by atoms with van der Waals surface area (Å²) in [6.45, 7) is -0.361. The number of benzene rings is 1. The first kappa shape index (κ1) is 15.8. The van der Waals surface area contributed by atoms with Crippen LogP contribution in [0.25, 0.3) is 0 Å². The van der Waals surface area contributed by atoms with Crippen molar-refractivity contribution in [2.45, 2.75) is 12.5 Å². The molecule has 1 atom stereocenters. The largest absolute Gasteiger partial charge is 0.480 e. The second kappa shape index (κ2) is 7.33. The van der Waals surface area contributed by atoms with Crippen LogP contribution < -0.4 is 10.6 Å². The van der Waals surface area contributed by atoms with Gasteiger partial charge < -0.3 is 20.8 Å². The molecular weight excluding hydrogens is 286 g/mol. The lowest BCUT2D eigenvalue weighted by Crippen LogP contribution is -2.43. The highest BCUT2D eigenvalue weighted by molar-refractivity contribution is 6.32. The minimum Gasteiger partial charge on any atom is -0.480 e. The zero-order valence-electron chi connectivity index (χ0n) is 10.3. The number of rotatable bonds is 5. The minimum absolute atomic E-state index is 0.100. The normalized spacial score (nSPS) is 11.2. The van der Waals surface area contributed by atoms with Gasteiger partial charge in [0.1, 0.15) is 12.1 Å². The van der Waals surface area contributed by atoms with Gasteiger partial charge >= 0.3 is 12.0 Å². The number of carbonyl (C=O) groups is 2. The third kappa shape index (κ3) is 4.42. The molecule has 20 heavy (non-hydrogen) atoms. The number of carbonyl (C=O) groups excluding carboxylic acids is 1. The van der Waals surface area contributed by atoms with Crippen molar-refractivity contribution in [1.82, 2.24) is 5.32 Å². The van der Waals surface area contributed by atoms with Crippen LogP contribution in [0.5, 0.6) is 0 Å². The number of carboxylic acid groups (broad SMARTS) is 1. The number of urea groups is 1. The van der Waals surface area contributed by atoms with Crippen LogP contribution in [0.4, 0.5) is 10.5 Å². The molecule has 0 aliphatic carbocycles. The van der Waals surface area contributed by atoms with Crippen molar-refractivity contribution < 1.29 is 19.8 Å². The van der Waals surface area contributed by atoms with Crippen molar-refractivity contribution in [2.24, 2.45) is 0 Å². The Morgan fingerprint density at radius 3 is 2.65 bits per heavy atom. The number of aliphatic hydroxyl groups excluding tert-OH is 1. The summed E-state index contributed by atoms with van der Waals surface area (Å²) >= 11 is 5.80. The summed E-state index contributed by atoms with van der Waals surface area (Å²) in [6.07, 6.45) is -0.100. The average molecular weight is 298 g/mol. The van der Waals surface area contributed by atoms with Crippen LogP contribution in [-0.2, 0) is 4.79 Å². The van der Waals surface area contributed by atoms with Crippen LogP contribution in [-0.4, -0.2) is 34.9 Å². The third-order valence-corrected chi connectivity index (χ3v) is 2.68. The Kier molecular flexibility index (Phi) is 5.77. The Bertz CT molecular complexity index is 556. The monoisotopic (exact) mass is 297 g/mol. The van der Waals surface area contributed by atoms with Crippen molar-refractivity contribution >= 4 is 29.3 Å². The van der Waals surface area contributed by atoms with Crippen LogP contribution in [0.2, 0.25) is 5.02 Å². The van der Waals surface area contributed by atoms with E-state index in [1.54, 1.807) is 0 Å². The minimum atomic E-state index is -1.24. The first-order valence-electron chi connectivity index (χ1n) is 5.58. The molecule has 0 aliphatic heterocycles. The number of halogens is 1. The molecule has 0 radical (unpaired) electrons. The van der Waals surface area contributed by atoms with Gasteiger partial charge in [0.05, 0.1) is 10.6 Å². The molecule has 106 valence electrons. The van der Waals surface area contributed by atoms with Gasteiger partial charge in [-0.3, -0.25) is 0 Å². The van der Waals surface area contributed by atoms with E-state index in [1.807, 2.05) is 6.07 Å². The number of aliphatic carboxylic acids is 1. The van der Waals surface area contributed by atoms with Crippen molar-refractivity contribution in [3.05, 3.63) is 28.8 Å². The molecule has 1 aromatic carbocycles. The van der Waals surface area contributed by atoms with Crippen LogP contribution in [0, 0.1) is 11.3 Å². The van der Waals surface area contributed by atoms with Gasteiger partial charge in [-0.2, -0.15) is 5.26 Å². The fraction of sp³-hybridized carbons (Fsp3) is 0.250. The number of nitriles is 1. The van der Waals surface area contributed by atoms with Crippen molar-refractivity contribution in [1.29, 1.82) is 5.26 Å². The van der Waals surface area contributed by atoms with Crippen LogP contribution in [0.1, 0.15) is 12.0 Å². The van der Waals surface area contributed by atoms with Crippen molar-refractivity contribution in [3.63, 3.8) is 0 Å². The van der Waals surface area contributed by atoms with Crippen LogP contribution in [0.3, 0.4) is 0 Å². The Hall–Kier alpha value is -2.30. The molecule has 0 spiro atoms. The summed E-state index contributed by atoms with van der Waals surface area (Å²) in [5.74, 6) is -1.24. The smallest absolute Gasteiger partial charge is 0.326 e. The summed E-state index contributed by atoms with van der Waals surface area (Å²) < 4.78 is 0. The van der Waals surface area contributed by atoms with Gasteiger partial charge in [0.2, 0.25) is 0 Å². The number of nitrogens with one attached hydrogen (secondary N) is 2. The molecule has 4 N–H and O–H groups in total. The number of carboxylic acids is 1. The van der Waals surface area contributed by atoms with Crippen LogP contribution >= 0.6 is 11.6 Å². The quantitative estimate of drug-likeness (QED) is 0.649. The first-order chi connectivity index (χ1) is 9.47. The number of nitrogens with zero attached hydrogens (tertiary/aromatic N) is 1. The summed E-state index contributed by atoms with van der Waals surface area (Å²) in [5, 5.41) is 31.0. The highest BCUT2D eigenvalue weighted by Crippen LogP contribution is 2.20. The van der Waals surface area contributed by atoms with E-state index in [1.165, 1.54) is 18.2 Å². The van der Waals surface area contributed by atoms with E-state index in [0.717, 1.165) is 0 Å². The van der Waals surface area contributed by atoms with Gasteiger partial charge in [-0.1, -0.05) is 11.6 Å². The van der Waals surface area contributed by atoms with E-state index in [2.05, 4.69) is 10.6 Å². The maximum atomic E-state index is 11.6. The third-order valence-electron chi connectivity index (χ3n) is 2.37. The molecule has 0 heterocycles. The van der Waals surface area contributed by atoms with E-state index in [-0.39, 0.29) is 23.6 Å². The second-order valence-corrected chi connectivity index (χ2v) is 4.22. The van der Waals surface area contributed by atoms with Crippen LogP contribution in [0.15, 0.2) is 18.2 Å². The van der Waals surface area contributed by atoms with E-state index >= 15 is 0 Å². The fourth-order valence-electron chi connectivity index (χ4n) is 1.40. The molecule has 0 saturated heterocycles. The Morgan fingerprint density at radius 2 is 2.15 bits per heavy atom. The first-order valence-corrected chi connectivity index (χ1v) is 5.96. The van der Waals surface area contributed by atoms with Gasteiger partial charge in [0.25, 0.3) is 0 Å². The SMILES string of the molecule is N#Cc1ccc(NC(=O)N[C@@H](CCO)C(=O)O)cc1Cl. The van der Waals surface area contributed by atoms with Crippen molar-refractivity contribution in [2.75, 3.05) is 11.9 Å². The highest BCUT2D eigenvalue weighted by Gasteiger charge is 2.19. The molecule has 0 aliphatic rings. The maximum Gasteiger partial charge on any atom is 0.326 e. The maximum absolute atomic E-state index is 11.6. The molecule has 2 amide bonds. The number of amides is 2. The standard InChI is InChI=1S/C12H12ClN3O4/c13-9-5-8(2-1-7(9)6-14)15-12(20)16-10(3-4-17)11(18)19/h1-2,5,10,17H,3-4H2,(H,18,19)(H2,15,16,20)/t10-/m0/s1. The molecule has 0 aromatic heterocycles. The van der Waals surface area contributed by atoms with Gasteiger partial charge in [-0.15, -0.1) is 0 Å². The molecule has 8 heteroatoms. The predicted octanol–water partition coefficient (Wildman–Crippen LogP) is 1.17. The van der Waals surface area contributed by atoms with Crippen molar-refractivity contribution in [3.8, 4) is 6.07 Å². The Balaban J connectivity index is 2.69. The molecule has 0 saturated carbocycles. The zero-order chi connectivity index (χ0) is 15.1. The molecular formula is C12H12ClN3O4. The van der Waals surface area contributed by atoms with E-state index in [9.17, 15) is 9.59 Å². The molecule has 1 aromatic rings. The number of hydrogen-bond acceptors (Lipinski definition) is 4. The van der Waals surface area contributed by atoms with E-state index in [4.69, 9.17) is 27.1 Å². The summed E-state index contributed by atoms with van der Waals surface area (Å²) in [7, 11) is 0. The zero-order valence-corrected chi connectivity index (χ0v) is 11.0. The Morgan fingerprint density at radius 1 is 1.45 bits per heavy atom. The molecule has 0 unspecified atom stereocenters. The summed E-state index contributed by atoms with van der Waals surface area (Å²) in [5.41, 5.74) is 0.584. The Labute approximate surface area is 119 Å². The second-order valence-electron chi connectivity index (χ2n) is 3.81. The van der Waals surface area contributed by atoms with Gasteiger partial charge in [-0.05, 0) is 18.2 Å². The number of aliphatic hydroxyl groups is 1. The lowest BCUT2D eigenvalue weighted by atomic mass is 10.2. The lowest BCUT2D eigenvalue weighted by molar-refractivity contribution is -0.139. The molecule has 0 fully saturated rings. The summed E-state index contributed by atoms with van der Waals surface area (Å²) in [6, 6.07) is 4.22. The highest BCUT2D eigenvalue weighted by atomic mass is 35.5. The average Bonchev–Trinajstić information content (AvgIpc) is 2.38. The van der Waals surface area contributed by atoms with Gasteiger partial charge in [-0.25, -0.2) is 9.59 Å². The number of anilines is 1. The molecule has 0 bridgehead atoms. The molecule has 7 nitrogen and oxygen atoms in total. The fourth-order valence-corrected chi connectivity index (χ4v) is 1.62. The van der Waals surface area contributed by atoms with E-state index in [0.29, 0.717) is 5.69 Å². The lowest BCUT2D eigenvalue weighted by Gasteiger charge is -2.14. The van der Waals surface area contributed by atoms with Gasteiger partial charge in [0.15, 0.2) is 0 Å². The predicted molar refractivity (Wildman–Crippen MR) is 71.4 cm³/mol. The van der Waals surface area contributed by atoms with Gasteiger partial charge in [0, 0.05) is 18.7 Å². The van der Waals surface area contributed by atoms with E-state index < -0.39 is 18.0 Å². The summed E-state index contributed by atoms with van der Waals surface area (Å²) in [4.78, 5) is 22.4.